The van der Waals surface area contributed by atoms with E-state index in [1.165, 1.54) is 0 Å². The van der Waals surface area contributed by atoms with E-state index >= 15 is 0 Å². The van der Waals surface area contributed by atoms with Crippen molar-refractivity contribution in [3.8, 4) is 22.8 Å². The number of aromatic nitrogens is 3. The van der Waals surface area contributed by atoms with E-state index < -0.39 is 0 Å². The van der Waals surface area contributed by atoms with Gasteiger partial charge in [0.15, 0.2) is 11.0 Å². The number of hydrogen-bond donors (Lipinski definition) is 0. The fourth-order valence-electron chi connectivity index (χ4n) is 3.03. The lowest BCUT2D eigenvalue weighted by atomic mass is 10.2. The number of rotatable bonds is 7. The standard InChI is InChI=1S/C22H21N3O2S/c1-3-26-20-12-8-7-9-17(20)15-28-22-24-23-21(19-13-14-27-16(19)2)25(22)18-10-5-4-6-11-18/h4-14H,3,15H2,1-2H3. The first-order valence-electron chi connectivity index (χ1n) is 9.16. The molecule has 0 aliphatic heterocycles. The topological polar surface area (TPSA) is 53.1 Å². The average molecular weight is 391 g/mol. The molecule has 0 bridgehead atoms. The third-order valence-electron chi connectivity index (χ3n) is 4.38. The van der Waals surface area contributed by atoms with Crippen molar-refractivity contribution >= 4 is 11.8 Å². The summed E-state index contributed by atoms with van der Waals surface area (Å²) in [5.41, 5.74) is 3.10. The van der Waals surface area contributed by atoms with Crippen LogP contribution in [-0.2, 0) is 5.75 Å². The number of aryl methyl sites for hydroxylation is 1. The first-order valence-corrected chi connectivity index (χ1v) is 10.1. The number of hydrogen-bond acceptors (Lipinski definition) is 5. The van der Waals surface area contributed by atoms with Crippen molar-refractivity contribution in [3.05, 3.63) is 78.3 Å². The Balaban J connectivity index is 1.70. The lowest BCUT2D eigenvalue weighted by molar-refractivity contribution is 0.337. The summed E-state index contributed by atoms with van der Waals surface area (Å²) in [5, 5.41) is 9.77. The van der Waals surface area contributed by atoms with Gasteiger partial charge in [-0.2, -0.15) is 0 Å². The van der Waals surface area contributed by atoms with Crippen molar-refractivity contribution in [2.24, 2.45) is 0 Å². The van der Waals surface area contributed by atoms with Gasteiger partial charge in [-0.15, -0.1) is 10.2 Å². The molecule has 2 heterocycles. The van der Waals surface area contributed by atoms with Crippen molar-refractivity contribution in [3.63, 3.8) is 0 Å². The van der Waals surface area contributed by atoms with E-state index in [1.807, 2.05) is 56.3 Å². The van der Waals surface area contributed by atoms with Crippen LogP contribution in [0.5, 0.6) is 5.75 Å². The molecule has 0 atom stereocenters. The van der Waals surface area contributed by atoms with Crippen molar-refractivity contribution in [1.29, 1.82) is 0 Å². The highest BCUT2D eigenvalue weighted by atomic mass is 32.2. The second-order valence-corrected chi connectivity index (χ2v) is 7.14. The minimum Gasteiger partial charge on any atom is -0.494 e. The molecule has 5 nitrogen and oxygen atoms in total. The van der Waals surface area contributed by atoms with Gasteiger partial charge in [-0.25, -0.2) is 0 Å². The van der Waals surface area contributed by atoms with E-state index in [-0.39, 0.29) is 0 Å². The molecule has 0 N–H and O–H groups in total. The third-order valence-corrected chi connectivity index (χ3v) is 5.35. The maximum atomic E-state index is 5.75. The normalized spacial score (nSPS) is 10.9. The summed E-state index contributed by atoms with van der Waals surface area (Å²) in [5.74, 6) is 3.25. The minimum atomic E-state index is 0.645. The van der Waals surface area contributed by atoms with Crippen LogP contribution < -0.4 is 4.74 Å². The molecule has 0 unspecified atom stereocenters. The Hall–Kier alpha value is -2.99. The Morgan fingerprint density at radius 3 is 2.54 bits per heavy atom. The lowest BCUT2D eigenvalue weighted by Gasteiger charge is -2.11. The van der Waals surface area contributed by atoms with Gasteiger partial charge in [0.2, 0.25) is 0 Å². The number of nitrogens with zero attached hydrogens (tertiary/aromatic N) is 3. The molecule has 0 radical (unpaired) electrons. The largest absolute Gasteiger partial charge is 0.494 e. The average Bonchev–Trinajstić information content (AvgIpc) is 3.34. The van der Waals surface area contributed by atoms with Gasteiger partial charge in [0.25, 0.3) is 0 Å². The van der Waals surface area contributed by atoms with Gasteiger partial charge in [0, 0.05) is 17.0 Å². The van der Waals surface area contributed by atoms with Crippen LogP contribution in [0.3, 0.4) is 0 Å². The van der Waals surface area contributed by atoms with Crippen molar-refractivity contribution in [2.45, 2.75) is 24.8 Å². The van der Waals surface area contributed by atoms with Crippen LogP contribution in [0, 0.1) is 6.92 Å². The van der Waals surface area contributed by atoms with E-state index in [4.69, 9.17) is 9.15 Å². The SMILES string of the molecule is CCOc1ccccc1CSc1nnc(-c2ccoc2C)n1-c1ccccc1. The summed E-state index contributed by atoms with van der Waals surface area (Å²) >= 11 is 1.64. The first-order chi connectivity index (χ1) is 13.8. The molecule has 0 aliphatic carbocycles. The number of para-hydroxylation sites is 2. The second-order valence-electron chi connectivity index (χ2n) is 6.20. The zero-order chi connectivity index (χ0) is 19.3. The van der Waals surface area contributed by atoms with E-state index in [2.05, 4.69) is 33.0 Å². The fraction of sp³-hybridized carbons (Fsp3) is 0.182. The molecule has 0 saturated heterocycles. The Morgan fingerprint density at radius 1 is 1.00 bits per heavy atom. The van der Waals surface area contributed by atoms with Crippen LogP contribution in [0.15, 0.2) is 76.5 Å². The molecule has 28 heavy (non-hydrogen) atoms. The van der Waals surface area contributed by atoms with Crippen LogP contribution in [0.25, 0.3) is 17.1 Å². The van der Waals surface area contributed by atoms with Crippen molar-refractivity contribution in [2.75, 3.05) is 6.61 Å². The van der Waals surface area contributed by atoms with E-state index in [9.17, 15) is 0 Å². The van der Waals surface area contributed by atoms with E-state index in [0.717, 1.165) is 45.1 Å². The summed E-state index contributed by atoms with van der Waals surface area (Å²) in [6.45, 7) is 4.58. The smallest absolute Gasteiger partial charge is 0.196 e. The number of furan rings is 1. The predicted molar refractivity (Wildman–Crippen MR) is 111 cm³/mol. The Kier molecular flexibility index (Phi) is 5.48. The van der Waals surface area contributed by atoms with Gasteiger partial charge < -0.3 is 9.15 Å². The second kappa shape index (κ2) is 8.35. The van der Waals surface area contributed by atoms with Crippen LogP contribution in [-0.4, -0.2) is 21.4 Å². The highest BCUT2D eigenvalue weighted by molar-refractivity contribution is 7.98. The summed E-state index contributed by atoms with van der Waals surface area (Å²) < 4.78 is 13.3. The molecule has 6 heteroatoms. The molecule has 0 fully saturated rings. The predicted octanol–water partition coefficient (Wildman–Crippen LogP) is 5.53. The first kappa shape index (κ1) is 18.4. The van der Waals surface area contributed by atoms with Gasteiger partial charge >= 0.3 is 0 Å². The number of ether oxygens (including phenoxy) is 1. The van der Waals surface area contributed by atoms with E-state index in [0.29, 0.717) is 6.61 Å². The van der Waals surface area contributed by atoms with Gasteiger partial charge in [0.05, 0.1) is 18.4 Å². The zero-order valence-electron chi connectivity index (χ0n) is 15.8. The van der Waals surface area contributed by atoms with Crippen LogP contribution >= 0.6 is 11.8 Å². The maximum Gasteiger partial charge on any atom is 0.196 e. The van der Waals surface area contributed by atoms with Gasteiger partial charge in [-0.3, -0.25) is 4.57 Å². The molecule has 4 rings (SSSR count). The molecule has 2 aromatic heterocycles. The summed E-state index contributed by atoms with van der Waals surface area (Å²) in [4.78, 5) is 0. The molecular weight excluding hydrogens is 370 g/mol. The maximum absolute atomic E-state index is 5.75. The summed E-state index contributed by atoms with van der Waals surface area (Å²) in [6, 6.07) is 20.2. The summed E-state index contributed by atoms with van der Waals surface area (Å²) in [7, 11) is 0. The Labute approximate surface area is 168 Å². The van der Waals surface area contributed by atoms with E-state index in [1.54, 1.807) is 18.0 Å². The molecule has 0 spiro atoms. The van der Waals surface area contributed by atoms with Gasteiger partial charge in [-0.1, -0.05) is 48.2 Å². The fourth-order valence-corrected chi connectivity index (χ4v) is 3.97. The van der Waals surface area contributed by atoms with Gasteiger partial charge in [-0.05, 0) is 38.1 Å². The highest BCUT2D eigenvalue weighted by Gasteiger charge is 2.19. The number of thioether (sulfide) groups is 1. The number of benzene rings is 2. The molecule has 0 aliphatic rings. The monoisotopic (exact) mass is 391 g/mol. The molecule has 0 amide bonds. The molecular formula is C22H21N3O2S. The van der Waals surface area contributed by atoms with Crippen LogP contribution in [0.4, 0.5) is 0 Å². The van der Waals surface area contributed by atoms with Crippen molar-refractivity contribution < 1.29 is 9.15 Å². The van der Waals surface area contributed by atoms with Crippen LogP contribution in [0.1, 0.15) is 18.2 Å². The minimum absolute atomic E-state index is 0.645. The molecule has 0 saturated carbocycles. The van der Waals surface area contributed by atoms with Crippen LogP contribution in [0.2, 0.25) is 0 Å². The highest BCUT2D eigenvalue weighted by Crippen LogP contribution is 2.33. The van der Waals surface area contributed by atoms with Crippen molar-refractivity contribution in [1.82, 2.24) is 14.8 Å². The Bertz CT molecular complexity index is 1060. The van der Waals surface area contributed by atoms with Gasteiger partial charge in [0.1, 0.15) is 11.5 Å². The Morgan fingerprint density at radius 2 is 1.79 bits per heavy atom. The third kappa shape index (κ3) is 3.68. The lowest BCUT2D eigenvalue weighted by Crippen LogP contribution is -2.00. The molecule has 4 aromatic rings. The molecule has 2 aromatic carbocycles. The zero-order valence-corrected chi connectivity index (χ0v) is 16.6. The summed E-state index contributed by atoms with van der Waals surface area (Å²) in [6.07, 6.45) is 1.68. The molecule has 142 valence electrons. The quantitative estimate of drug-likeness (QED) is 0.388.